The molecule has 0 bridgehead atoms. The molecule has 128 valence electrons. The highest BCUT2D eigenvalue weighted by atomic mass is 79.9. The number of ether oxygens (including phenoxy) is 1. The molecule has 2 N–H and O–H groups in total. The molecule has 0 aliphatic heterocycles. The van der Waals surface area contributed by atoms with E-state index in [9.17, 15) is 9.59 Å². The predicted octanol–water partition coefficient (Wildman–Crippen LogP) is 4.88. The lowest BCUT2D eigenvalue weighted by atomic mass is 10.1. The van der Waals surface area contributed by atoms with Crippen molar-refractivity contribution in [3.05, 3.63) is 63.2 Å². The van der Waals surface area contributed by atoms with E-state index in [4.69, 9.17) is 22.1 Å². The Morgan fingerprint density at radius 1 is 1.24 bits per heavy atom. The molecule has 7 heteroatoms. The maximum absolute atomic E-state index is 13.0. The summed E-state index contributed by atoms with van der Waals surface area (Å²) in [7, 11) is 0. The van der Waals surface area contributed by atoms with E-state index in [1.165, 1.54) is 4.57 Å². The summed E-state index contributed by atoms with van der Waals surface area (Å²) in [6.07, 6.45) is -0.676. The number of nitrogens with zero attached hydrogens (tertiary/aromatic N) is 1. The Kier molecular flexibility index (Phi) is 4.83. The highest BCUT2D eigenvalue weighted by molar-refractivity contribution is 9.10. The van der Waals surface area contributed by atoms with Gasteiger partial charge in [0.15, 0.2) is 0 Å². The molecule has 0 saturated carbocycles. The number of hydrogen-bond donors (Lipinski definition) is 1. The van der Waals surface area contributed by atoms with E-state index in [2.05, 4.69) is 15.9 Å². The number of aromatic nitrogens is 1. The molecule has 0 radical (unpaired) electrons. The van der Waals surface area contributed by atoms with Gasteiger partial charge in [-0.15, -0.1) is 0 Å². The van der Waals surface area contributed by atoms with Crippen LogP contribution in [0.1, 0.15) is 23.0 Å². The maximum Gasteiger partial charge on any atom is 0.419 e. The predicted molar refractivity (Wildman–Crippen MR) is 101 cm³/mol. The number of nitrogen functional groups attached to an aromatic ring is 1. The lowest BCUT2D eigenvalue weighted by molar-refractivity contribution is 0.102. The third kappa shape index (κ3) is 3.15. The SMILES string of the molecule is CCOC(=O)n1c(C(=O)c2cccc(Br)c2)c(N)c2ccc(Cl)cc21. The number of hydrogen-bond acceptors (Lipinski definition) is 4. The van der Waals surface area contributed by atoms with Gasteiger partial charge < -0.3 is 10.5 Å². The van der Waals surface area contributed by atoms with Crippen molar-refractivity contribution in [3.63, 3.8) is 0 Å². The molecule has 25 heavy (non-hydrogen) atoms. The highest BCUT2D eigenvalue weighted by Crippen LogP contribution is 2.32. The molecular formula is C18H14BrClN2O3. The van der Waals surface area contributed by atoms with Crippen molar-refractivity contribution in [1.82, 2.24) is 4.57 Å². The van der Waals surface area contributed by atoms with E-state index in [1.807, 2.05) is 0 Å². The van der Waals surface area contributed by atoms with Crippen LogP contribution in [0.25, 0.3) is 10.9 Å². The molecule has 1 heterocycles. The Morgan fingerprint density at radius 2 is 2.00 bits per heavy atom. The van der Waals surface area contributed by atoms with Crippen LogP contribution >= 0.6 is 27.5 Å². The second kappa shape index (κ2) is 6.90. The van der Waals surface area contributed by atoms with Crippen LogP contribution in [0.3, 0.4) is 0 Å². The topological polar surface area (TPSA) is 74.3 Å². The van der Waals surface area contributed by atoms with Crippen LogP contribution < -0.4 is 5.73 Å². The first kappa shape index (κ1) is 17.5. The normalized spacial score (nSPS) is 10.8. The summed E-state index contributed by atoms with van der Waals surface area (Å²) in [5.41, 5.74) is 7.31. The second-order valence-corrected chi connectivity index (χ2v) is 6.65. The summed E-state index contributed by atoms with van der Waals surface area (Å²) in [5, 5.41) is 0.993. The number of nitrogens with two attached hydrogens (primary N) is 1. The number of carbonyl (C=O) groups is 2. The van der Waals surface area contributed by atoms with Crippen LogP contribution in [0.5, 0.6) is 0 Å². The molecule has 0 unspecified atom stereocenters. The third-order valence-electron chi connectivity index (χ3n) is 3.72. The third-order valence-corrected chi connectivity index (χ3v) is 4.45. The van der Waals surface area contributed by atoms with Crippen LogP contribution in [0, 0.1) is 0 Å². The maximum atomic E-state index is 13.0. The van der Waals surface area contributed by atoms with Gasteiger partial charge in [0.1, 0.15) is 5.69 Å². The van der Waals surface area contributed by atoms with Gasteiger partial charge in [-0.1, -0.05) is 39.7 Å². The monoisotopic (exact) mass is 420 g/mol. The van der Waals surface area contributed by atoms with Crippen molar-refractivity contribution in [1.29, 1.82) is 0 Å². The zero-order valence-electron chi connectivity index (χ0n) is 13.3. The minimum Gasteiger partial charge on any atom is -0.449 e. The highest BCUT2D eigenvalue weighted by Gasteiger charge is 2.26. The van der Waals surface area contributed by atoms with Gasteiger partial charge in [0.2, 0.25) is 5.78 Å². The Labute approximate surface area is 157 Å². The average molecular weight is 422 g/mol. The molecule has 1 aromatic heterocycles. The molecule has 0 aliphatic carbocycles. The fourth-order valence-electron chi connectivity index (χ4n) is 2.65. The number of fused-ring (bicyclic) bond motifs is 1. The van der Waals surface area contributed by atoms with E-state index in [1.54, 1.807) is 49.4 Å². The van der Waals surface area contributed by atoms with Crippen molar-refractivity contribution in [2.24, 2.45) is 0 Å². The molecular weight excluding hydrogens is 408 g/mol. The minimum atomic E-state index is -0.676. The molecule has 0 fully saturated rings. The molecule has 0 atom stereocenters. The number of anilines is 1. The van der Waals surface area contributed by atoms with Gasteiger partial charge in [0.05, 0.1) is 17.8 Å². The summed E-state index contributed by atoms with van der Waals surface area (Å²) in [6.45, 7) is 1.86. The quantitative estimate of drug-likeness (QED) is 0.612. The summed E-state index contributed by atoms with van der Waals surface area (Å²) < 4.78 is 7.04. The Hall–Kier alpha value is -2.31. The fraction of sp³-hybridized carbons (Fsp3) is 0.111. The summed E-state index contributed by atoms with van der Waals surface area (Å²) in [6, 6.07) is 11.8. The van der Waals surface area contributed by atoms with Crippen LogP contribution in [-0.4, -0.2) is 23.1 Å². The van der Waals surface area contributed by atoms with Gasteiger partial charge in [0.25, 0.3) is 0 Å². The lowest BCUT2D eigenvalue weighted by Gasteiger charge is -2.09. The van der Waals surface area contributed by atoms with Crippen molar-refractivity contribution in [3.8, 4) is 0 Å². The zero-order valence-corrected chi connectivity index (χ0v) is 15.6. The molecule has 0 spiro atoms. The van der Waals surface area contributed by atoms with E-state index < -0.39 is 6.09 Å². The number of rotatable bonds is 3. The number of ketones is 1. The van der Waals surface area contributed by atoms with Gasteiger partial charge in [0, 0.05) is 20.4 Å². The number of halogens is 2. The van der Waals surface area contributed by atoms with Crippen LogP contribution in [0.4, 0.5) is 10.5 Å². The van der Waals surface area contributed by atoms with E-state index in [0.717, 1.165) is 4.47 Å². The smallest absolute Gasteiger partial charge is 0.419 e. The van der Waals surface area contributed by atoms with Gasteiger partial charge in [-0.2, -0.15) is 0 Å². The standard InChI is InChI=1S/C18H14BrClN2O3/c1-2-25-18(24)22-14-9-12(20)6-7-13(14)15(21)16(22)17(23)10-4-3-5-11(19)8-10/h3-9H,2,21H2,1H3. The Balaban J connectivity index is 2.29. The molecule has 0 amide bonds. The van der Waals surface area contributed by atoms with Crippen molar-refractivity contribution < 1.29 is 14.3 Å². The number of benzene rings is 2. The van der Waals surface area contributed by atoms with Crippen LogP contribution in [0.2, 0.25) is 5.02 Å². The first-order chi connectivity index (χ1) is 11.9. The van der Waals surface area contributed by atoms with Crippen molar-refractivity contribution in [2.75, 3.05) is 12.3 Å². The molecule has 3 rings (SSSR count). The van der Waals surface area contributed by atoms with Gasteiger partial charge in [-0.05, 0) is 37.3 Å². The Bertz CT molecular complexity index is 997. The second-order valence-electron chi connectivity index (χ2n) is 5.30. The van der Waals surface area contributed by atoms with Gasteiger partial charge in [-0.25, -0.2) is 9.36 Å². The summed E-state index contributed by atoms with van der Waals surface area (Å²) in [5.74, 6) is -0.376. The van der Waals surface area contributed by atoms with E-state index in [-0.39, 0.29) is 23.8 Å². The first-order valence-corrected chi connectivity index (χ1v) is 8.68. The van der Waals surface area contributed by atoms with E-state index >= 15 is 0 Å². The average Bonchev–Trinajstić information content (AvgIpc) is 2.86. The minimum absolute atomic E-state index is 0.0637. The fourth-order valence-corrected chi connectivity index (χ4v) is 3.22. The summed E-state index contributed by atoms with van der Waals surface area (Å²) >= 11 is 9.39. The largest absolute Gasteiger partial charge is 0.449 e. The Morgan fingerprint density at radius 3 is 2.68 bits per heavy atom. The molecule has 3 aromatic rings. The zero-order chi connectivity index (χ0) is 18.1. The summed E-state index contributed by atoms with van der Waals surface area (Å²) in [4.78, 5) is 25.5. The van der Waals surface area contributed by atoms with Crippen LogP contribution in [-0.2, 0) is 4.74 Å². The molecule has 2 aromatic carbocycles. The first-order valence-electron chi connectivity index (χ1n) is 7.51. The molecule has 5 nitrogen and oxygen atoms in total. The van der Waals surface area contributed by atoms with Crippen molar-refractivity contribution in [2.45, 2.75) is 6.92 Å². The van der Waals surface area contributed by atoms with Gasteiger partial charge >= 0.3 is 6.09 Å². The molecule has 0 saturated heterocycles. The van der Waals surface area contributed by atoms with Crippen molar-refractivity contribution >= 4 is 56.0 Å². The van der Waals surface area contributed by atoms with Gasteiger partial charge in [-0.3, -0.25) is 4.79 Å². The molecule has 0 aliphatic rings. The number of carbonyl (C=O) groups excluding carboxylic acids is 2. The van der Waals surface area contributed by atoms with E-state index in [0.29, 0.717) is 21.5 Å². The lowest BCUT2D eigenvalue weighted by Crippen LogP contribution is -2.20. The van der Waals surface area contributed by atoms with Crippen LogP contribution in [0.15, 0.2) is 46.9 Å².